The number of nitrogens with one attached hydrogen (secondary N) is 1. The fraction of sp³-hybridized carbons (Fsp3) is 0.769. The van der Waals surface area contributed by atoms with Gasteiger partial charge in [-0.15, -0.1) is 0 Å². The Bertz CT molecular complexity index is 386. The summed E-state index contributed by atoms with van der Waals surface area (Å²) in [7, 11) is 4.13. The first-order valence-corrected chi connectivity index (χ1v) is 7.26. The fourth-order valence-electron chi connectivity index (χ4n) is 2.91. The molecule has 0 aliphatic heterocycles. The first kappa shape index (κ1) is 13.1. The van der Waals surface area contributed by atoms with Gasteiger partial charge < -0.3 is 5.32 Å². The zero-order valence-corrected chi connectivity index (χ0v) is 12.5. The van der Waals surface area contributed by atoms with Crippen LogP contribution < -0.4 is 5.32 Å². The average Bonchev–Trinajstić information content (AvgIpc) is 2.56. The molecule has 0 amide bonds. The van der Waals surface area contributed by atoms with Crippen LogP contribution in [0.1, 0.15) is 37.1 Å². The minimum Gasteiger partial charge on any atom is -0.317 e. The van der Waals surface area contributed by atoms with Crippen molar-refractivity contribution in [1.29, 1.82) is 0 Å². The lowest BCUT2D eigenvalue weighted by molar-refractivity contribution is 0.290. The summed E-state index contributed by atoms with van der Waals surface area (Å²) in [6.07, 6.45) is 6.49. The van der Waals surface area contributed by atoms with Crippen molar-refractivity contribution in [1.82, 2.24) is 15.1 Å². The summed E-state index contributed by atoms with van der Waals surface area (Å²) in [5.41, 5.74) is 2.45. The van der Waals surface area contributed by atoms with Gasteiger partial charge in [0, 0.05) is 13.1 Å². The minimum atomic E-state index is 0.710. The summed E-state index contributed by atoms with van der Waals surface area (Å²) in [5.74, 6) is 0.798. The van der Waals surface area contributed by atoms with Crippen molar-refractivity contribution in [3.05, 3.63) is 15.9 Å². The molecule has 1 saturated carbocycles. The van der Waals surface area contributed by atoms with Crippen molar-refractivity contribution in [3.63, 3.8) is 0 Å². The van der Waals surface area contributed by atoms with E-state index in [2.05, 4.69) is 40.3 Å². The first-order valence-electron chi connectivity index (χ1n) is 6.47. The second-order valence-corrected chi connectivity index (χ2v) is 5.99. The van der Waals surface area contributed by atoms with E-state index in [9.17, 15) is 0 Å². The van der Waals surface area contributed by atoms with Crippen LogP contribution in [0.5, 0.6) is 0 Å². The van der Waals surface area contributed by atoms with Gasteiger partial charge in [-0.3, -0.25) is 4.68 Å². The Labute approximate surface area is 112 Å². The van der Waals surface area contributed by atoms with E-state index in [1.165, 1.54) is 35.8 Å². The van der Waals surface area contributed by atoms with Crippen LogP contribution in [-0.4, -0.2) is 22.9 Å². The summed E-state index contributed by atoms with van der Waals surface area (Å²) >= 11 is 3.66. The standard InChI is InChI=1S/C13H22BrN3/c1-9-13(14)12(17(3)16-9)8-10-5-4-6-11(7-10)15-2/h10-11,15H,4-8H2,1-3H3. The largest absolute Gasteiger partial charge is 0.317 e. The van der Waals surface area contributed by atoms with Gasteiger partial charge in [0.2, 0.25) is 0 Å². The Morgan fingerprint density at radius 1 is 1.47 bits per heavy atom. The fourth-order valence-corrected chi connectivity index (χ4v) is 3.41. The molecule has 0 radical (unpaired) electrons. The van der Waals surface area contributed by atoms with Crippen molar-refractivity contribution >= 4 is 15.9 Å². The van der Waals surface area contributed by atoms with E-state index in [0.717, 1.165) is 18.0 Å². The molecule has 1 aliphatic rings. The molecule has 2 rings (SSSR count). The normalized spacial score (nSPS) is 25.2. The lowest BCUT2D eigenvalue weighted by Gasteiger charge is -2.29. The van der Waals surface area contributed by atoms with E-state index < -0.39 is 0 Å². The van der Waals surface area contributed by atoms with E-state index in [4.69, 9.17) is 0 Å². The van der Waals surface area contributed by atoms with Crippen LogP contribution in [0.25, 0.3) is 0 Å². The van der Waals surface area contributed by atoms with Crippen LogP contribution >= 0.6 is 15.9 Å². The summed E-state index contributed by atoms with van der Waals surface area (Å²) in [6, 6.07) is 0.710. The van der Waals surface area contributed by atoms with E-state index >= 15 is 0 Å². The topological polar surface area (TPSA) is 29.9 Å². The number of aryl methyl sites for hydroxylation is 2. The maximum absolute atomic E-state index is 4.47. The number of nitrogens with zero attached hydrogens (tertiary/aromatic N) is 2. The number of aromatic nitrogens is 2. The molecule has 1 N–H and O–H groups in total. The highest BCUT2D eigenvalue weighted by Crippen LogP contribution is 2.30. The average molecular weight is 300 g/mol. The van der Waals surface area contributed by atoms with E-state index in [1.54, 1.807) is 0 Å². The second kappa shape index (κ2) is 5.53. The van der Waals surface area contributed by atoms with Gasteiger partial charge in [-0.05, 0) is 61.5 Å². The molecule has 96 valence electrons. The summed E-state index contributed by atoms with van der Waals surface area (Å²) in [5, 5.41) is 7.89. The van der Waals surface area contributed by atoms with Crippen molar-refractivity contribution in [3.8, 4) is 0 Å². The molecule has 2 unspecified atom stereocenters. The number of hydrogen-bond donors (Lipinski definition) is 1. The van der Waals surface area contributed by atoms with E-state index in [1.807, 2.05) is 11.7 Å². The van der Waals surface area contributed by atoms with Crippen molar-refractivity contribution in [2.75, 3.05) is 7.05 Å². The minimum absolute atomic E-state index is 0.710. The highest BCUT2D eigenvalue weighted by Gasteiger charge is 2.23. The van der Waals surface area contributed by atoms with Gasteiger partial charge >= 0.3 is 0 Å². The van der Waals surface area contributed by atoms with Gasteiger partial charge in [-0.2, -0.15) is 5.10 Å². The maximum Gasteiger partial charge on any atom is 0.0738 e. The van der Waals surface area contributed by atoms with Crippen molar-refractivity contribution < 1.29 is 0 Å². The lowest BCUT2D eigenvalue weighted by atomic mass is 9.83. The monoisotopic (exact) mass is 299 g/mol. The van der Waals surface area contributed by atoms with Crippen molar-refractivity contribution in [2.45, 2.75) is 45.1 Å². The molecule has 17 heavy (non-hydrogen) atoms. The van der Waals surface area contributed by atoms with Gasteiger partial charge in [-0.25, -0.2) is 0 Å². The van der Waals surface area contributed by atoms with E-state index in [-0.39, 0.29) is 0 Å². The van der Waals surface area contributed by atoms with E-state index in [0.29, 0.717) is 6.04 Å². The Balaban J connectivity index is 2.05. The summed E-state index contributed by atoms with van der Waals surface area (Å²) in [4.78, 5) is 0. The first-order chi connectivity index (χ1) is 8.11. The Morgan fingerprint density at radius 2 is 2.24 bits per heavy atom. The van der Waals surface area contributed by atoms with Crippen LogP contribution in [0, 0.1) is 12.8 Å². The van der Waals surface area contributed by atoms with Crippen LogP contribution in [0.2, 0.25) is 0 Å². The lowest BCUT2D eigenvalue weighted by Crippen LogP contribution is -2.32. The van der Waals surface area contributed by atoms with Gasteiger partial charge in [0.1, 0.15) is 0 Å². The summed E-state index contributed by atoms with van der Waals surface area (Å²) in [6.45, 7) is 2.06. The zero-order valence-electron chi connectivity index (χ0n) is 11.0. The Kier molecular flexibility index (Phi) is 4.26. The molecule has 1 heterocycles. The molecule has 3 nitrogen and oxygen atoms in total. The Morgan fingerprint density at radius 3 is 2.82 bits per heavy atom. The Hall–Kier alpha value is -0.350. The van der Waals surface area contributed by atoms with Crippen LogP contribution in [0.15, 0.2) is 4.47 Å². The van der Waals surface area contributed by atoms with Gasteiger partial charge in [-0.1, -0.05) is 6.42 Å². The molecule has 4 heteroatoms. The van der Waals surface area contributed by atoms with Gasteiger partial charge in [0.15, 0.2) is 0 Å². The molecule has 0 aromatic carbocycles. The molecule has 0 bridgehead atoms. The quantitative estimate of drug-likeness (QED) is 0.930. The third kappa shape index (κ3) is 2.91. The summed E-state index contributed by atoms with van der Waals surface area (Å²) < 4.78 is 3.23. The maximum atomic E-state index is 4.47. The van der Waals surface area contributed by atoms with Crippen LogP contribution in [0.4, 0.5) is 0 Å². The predicted octanol–water partition coefficient (Wildman–Crippen LogP) is 2.81. The van der Waals surface area contributed by atoms with Gasteiger partial charge in [0.05, 0.1) is 15.9 Å². The molecule has 0 saturated heterocycles. The zero-order chi connectivity index (χ0) is 12.4. The third-order valence-electron chi connectivity index (χ3n) is 3.93. The molecule has 1 aliphatic carbocycles. The number of hydrogen-bond acceptors (Lipinski definition) is 2. The number of halogens is 1. The number of rotatable bonds is 3. The SMILES string of the molecule is CNC1CCCC(Cc2c(Br)c(C)nn2C)C1. The third-order valence-corrected chi connectivity index (χ3v) is 4.97. The molecule has 0 spiro atoms. The van der Waals surface area contributed by atoms with Crippen LogP contribution in [0.3, 0.4) is 0 Å². The molecular weight excluding hydrogens is 278 g/mol. The predicted molar refractivity (Wildman–Crippen MR) is 74.2 cm³/mol. The molecular formula is C13H22BrN3. The smallest absolute Gasteiger partial charge is 0.0738 e. The molecule has 2 atom stereocenters. The highest BCUT2D eigenvalue weighted by atomic mass is 79.9. The molecule has 1 aromatic rings. The van der Waals surface area contributed by atoms with Gasteiger partial charge in [0.25, 0.3) is 0 Å². The van der Waals surface area contributed by atoms with Crippen LogP contribution in [-0.2, 0) is 13.5 Å². The second-order valence-electron chi connectivity index (χ2n) is 5.19. The molecule has 1 aromatic heterocycles. The van der Waals surface area contributed by atoms with Crippen molar-refractivity contribution in [2.24, 2.45) is 13.0 Å². The highest BCUT2D eigenvalue weighted by molar-refractivity contribution is 9.10. The molecule has 1 fully saturated rings.